The van der Waals surface area contributed by atoms with E-state index < -0.39 is 29.4 Å². The Kier molecular flexibility index (Phi) is 4.63. The summed E-state index contributed by atoms with van der Waals surface area (Å²) in [5.41, 5.74) is -1.04. The van der Waals surface area contributed by atoms with Gasteiger partial charge in [-0.3, -0.25) is 14.6 Å². The molecule has 0 radical (unpaired) electrons. The van der Waals surface area contributed by atoms with Crippen LogP contribution in [0.2, 0.25) is 0 Å². The Balaban J connectivity index is 1.98. The third-order valence-corrected chi connectivity index (χ3v) is 4.21. The molecule has 1 aromatic rings. The monoisotopic (exact) mass is 329 g/mol. The van der Waals surface area contributed by atoms with Gasteiger partial charge >= 0.3 is 6.18 Å². The van der Waals surface area contributed by atoms with Crippen molar-refractivity contribution in [2.45, 2.75) is 32.0 Å². The molecular weight excluding hydrogens is 311 g/mol. The van der Waals surface area contributed by atoms with E-state index in [9.17, 15) is 22.8 Å². The fourth-order valence-corrected chi connectivity index (χ4v) is 2.95. The minimum Gasteiger partial charge on any atom is -0.343 e. The third kappa shape index (κ3) is 3.62. The highest BCUT2D eigenvalue weighted by Gasteiger charge is 2.56. The maximum absolute atomic E-state index is 13.0. The number of alkyl halides is 3. The van der Waals surface area contributed by atoms with E-state index in [2.05, 4.69) is 10.3 Å². The lowest BCUT2D eigenvalue weighted by molar-refractivity contribution is -0.192. The number of nitrogens with zero attached hydrogens (tertiary/aromatic N) is 2. The highest BCUT2D eigenvalue weighted by molar-refractivity contribution is 5.96. The average Bonchev–Trinajstić information content (AvgIpc) is 2.80. The zero-order chi connectivity index (χ0) is 17.3. The molecule has 8 heteroatoms. The van der Waals surface area contributed by atoms with E-state index in [0.717, 1.165) is 0 Å². The summed E-state index contributed by atoms with van der Waals surface area (Å²) in [7, 11) is 0. The Labute approximate surface area is 131 Å². The summed E-state index contributed by atoms with van der Waals surface area (Å²) in [6, 6.07) is 3.11. The summed E-state index contributed by atoms with van der Waals surface area (Å²) >= 11 is 0. The standard InChI is InChI=1S/C15H18F3N3O2/c1-14(2)11(15(16,17)18)5-7-21(14)12(22)9-20-13(23)10-4-3-6-19-8-10/h3-4,6,8,11H,5,7,9H2,1-2H3,(H,20,23)/t11-/m1/s1. The Hall–Kier alpha value is -2.12. The highest BCUT2D eigenvalue weighted by atomic mass is 19.4. The Morgan fingerprint density at radius 3 is 2.65 bits per heavy atom. The van der Waals surface area contributed by atoms with Gasteiger partial charge in [0, 0.05) is 24.5 Å². The number of carbonyl (C=O) groups excluding carboxylic acids is 2. The molecule has 2 heterocycles. The SMILES string of the molecule is CC1(C)[C@H](C(F)(F)F)CCN1C(=O)CNC(=O)c1cccnc1. The fraction of sp³-hybridized carbons (Fsp3) is 0.533. The summed E-state index contributed by atoms with van der Waals surface area (Å²) < 4.78 is 39.0. The molecule has 1 aromatic heterocycles. The van der Waals surface area contributed by atoms with E-state index in [1.807, 2.05) is 0 Å². The van der Waals surface area contributed by atoms with Crippen LogP contribution < -0.4 is 5.32 Å². The van der Waals surface area contributed by atoms with Gasteiger partial charge in [-0.05, 0) is 32.4 Å². The van der Waals surface area contributed by atoms with Crippen LogP contribution in [-0.4, -0.2) is 46.5 Å². The molecule has 23 heavy (non-hydrogen) atoms. The van der Waals surface area contributed by atoms with E-state index in [1.165, 1.54) is 37.2 Å². The molecule has 1 N–H and O–H groups in total. The number of aromatic nitrogens is 1. The number of carbonyl (C=O) groups is 2. The van der Waals surface area contributed by atoms with Gasteiger partial charge in [0.15, 0.2) is 0 Å². The molecule has 2 rings (SSSR count). The third-order valence-electron chi connectivity index (χ3n) is 4.21. The predicted molar refractivity (Wildman–Crippen MR) is 76.5 cm³/mol. The van der Waals surface area contributed by atoms with Gasteiger partial charge in [0.05, 0.1) is 18.0 Å². The molecule has 0 aromatic carbocycles. The van der Waals surface area contributed by atoms with E-state index in [1.54, 1.807) is 6.07 Å². The van der Waals surface area contributed by atoms with Crippen molar-refractivity contribution in [2.75, 3.05) is 13.1 Å². The molecule has 5 nitrogen and oxygen atoms in total. The van der Waals surface area contributed by atoms with Gasteiger partial charge in [0.2, 0.25) is 5.91 Å². The van der Waals surface area contributed by atoms with Crippen LogP contribution in [-0.2, 0) is 4.79 Å². The highest BCUT2D eigenvalue weighted by Crippen LogP contribution is 2.44. The van der Waals surface area contributed by atoms with Crippen LogP contribution in [0, 0.1) is 5.92 Å². The van der Waals surface area contributed by atoms with Gasteiger partial charge in [0.1, 0.15) is 0 Å². The first kappa shape index (κ1) is 17.2. The molecule has 0 spiro atoms. The van der Waals surface area contributed by atoms with Crippen LogP contribution >= 0.6 is 0 Å². The molecule has 0 bridgehead atoms. The number of rotatable bonds is 3. The first-order valence-corrected chi connectivity index (χ1v) is 7.19. The minimum absolute atomic E-state index is 0.0266. The number of nitrogens with one attached hydrogen (secondary N) is 1. The van der Waals surface area contributed by atoms with Crippen molar-refractivity contribution in [1.82, 2.24) is 15.2 Å². The molecule has 0 unspecified atom stereocenters. The number of pyridine rings is 1. The van der Waals surface area contributed by atoms with Crippen molar-refractivity contribution < 1.29 is 22.8 Å². The fourth-order valence-electron chi connectivity index (χ4n) is 2.95. The summed E-state index contributed by atoms with van der Waals surface area (Å²) in [5, 5.41) is 2.42. The number of likely N-dealkylation sites (tertiary alicyclic amines) is 1. The van der Waals surface area contributed by atoms with Crippen LogP contribution in [0.5, 0.6) is 0 Å². The van der Waals surface area contributed by atoms with Crippen LogP contribution in [0.4, 0.5) is 13.2 Å². The minimum atomic E-state index is -4.35. The van der Waals surface area contributed by atoms with Crippen molar-refractivity contribution in [2.24, 2.45) is 5.92 Å². The zero-order valence-electron chi connectivity index (χ0n) is 12.9. The van der Waals surface area contributed by atoms with Gasteiger partial charge in [0.25, 0.3) is 5.91 Å². The Morgan fingerprint density at radius 1 is 1.43 bits per heavy atom. The molecule has 1 aliphatic rings. The number of hydrogen-bond donors (Lipinski definition) is 1. The molecule has 0 aliphatic carbocycles. The maximum Gasteiger partial charge on any atom is 0.394 e. The van der Waals surface area contributed by atoms with Gasteiger partial charge in [-0.1, -0.05) is 0 Å². The van der Waals surface area contributed by atoms with Crippen molar-refractivity contribution in [3.05, 3.63) is 30.1 Å². The van der Waals surface area contributed by atoms with Gasteiger partial charge in [-0.2, -0.15) is 13.2 Å². The van der Waals surface area contributed by atoms with E-state index in [-0.39, 0.29) is 25.1 Å². The smallest absolute Gasteiger partial charge is 0.343 e. The van der Waals surface area contributed by atoms with Crippen LogP contribution in [0.1, 0.15) is 30.6 Å². The van der Waals surface area contributed by atoms with Crippen LogP contribution in [0.3, 0.4) is 0 Å². The lowest BCUT2D eigenvalue weighted by Gasteiger charge is -2.36. The van der Waals surface area contributed by atoms with Crippen molar-refractivity contribution >= 4 is 11.8 Å². The second-order valence-corrected chi connectivity index (χ2v) is 6.01. The molecular formula is C15H18F3N3O2. The van der Waals surface area contributed by atoms with Crippen LogP contribution in [0.25, 0.3) is 0 Å². The normalized spacial score (nSPS) is 20.4. The zero-order valence-corrected chi connectivity index (χ0v) is 12.9. The number of halogens is 3. The second kappa shape index (κ2) is 6.17. The van der Waals surface area contributed by atoms with Gasteiger partial charge in [-0.15, -0.1) is 0 Å². The summed E-state index contributed by atoms with van der Waals surface area (Å²) in [6.07, 6.45) is -1.62. The quantitative estimate of drug-likeness (QED) is 0.923. The first-order valence-electron chi connectivity index (χ1n) is 7.19. The molecule has 1 atom stereocenters. The molecule has 2 amide bonds. The van der Waals surface area contributed by atoms with E-state index in [0.29, 0.717) is 0 Å². The molecule has 0 saturated carbocycles. The lowest BCUT2D eigenvalue weighted by atomic mass is 9.88. The molecule has 1 aliphatic heterocycles. The van der Waals surface area contributed by atoms with Crippen molar-refractivity contribution in [1.29, 1.82) is 0 Å². The van der Waals surface area contributed by atoms with E-state index >= 15 is 0 Å². The lowest BCUT2D eigenvalue weighted by Crippen LogP contribution is -2.52. The average molecular weight is 329 g/mol. The largest absolute Gasteiger partial charge is 0.394 e. The van der Waals surface area contributed by atoms with Crippen molar-refractivity contribution in [3.63, 3.8) is 0 Å². The number of hydrogen-bond acceptors (Lipinski definition) is 3. The van der Waals surface area contributed by atoms with Gasteiger partial charge in [-0.25, -0.2) is 0 Å². The first-order chi connectivity index (χ1) is 10.6. The van der Waals surface area contributed by atoms with Crippen molar-refractivity contribution in [3.8, 4) is 0 Å². The topological polar surface area (TPSA) is 62.3 Å². The Morgan fingerprint density at radius 2 is 2.13 bits per heavy atom. The summed E-state index contributed by atoms with van der Waals surface area (Å²) in [5.74, 6) is -2.58. The Bertz CT molecular complexity index is 587. The summed E-state index contributed by atoms with van der Waals surface area (Å²) in [6.45, 7) is 2.48. The maximum atomic E-state index is 13.0. The van der Waals surface area contributed by atoms with Crippen LogP contribution in [0.15, 0.2) is 24.5 Å². The molecule has 1 saturated heterocycles. The van der Waals surface area contributed by atoms with Gasteiger partial charge < -0.3 is 10.2 Å². The van der Waals surface area contributed by atoms with E-state index in [4.69, 9.17) is 0 Å². The summed E-state index contributed by atoms with van der Waals surface area (Å²) in [4.78, 5) is 29.0. The molecule has 126 valence electrons. The number of amides is 2. The molecule has 1 fully saturated rings. The predicted octanol–water partition coefficient (Wildman–Crippen LogP) is 2.00. The second-order valence-electron chi connectivity index (χ2n) is 6.01.